The lowest BCUT2D eigenvalue weighted by Crippen LogP contribution is -2.48. The molecule has 12 heteroatoms. The third kappa shape index (κ3) is 6.98. The second-order valence-electron chi connectivity index (χ2n) is 11.0. The molecule has 1 fully saturated rings. The van der Waals surface area contributed by atoms with Crippen LogP contribution in [0.15, 0.2) is 65.6 Å². The highest BCUT2D eigenvalue weighted by Crippen LogP contribution is 2.24. The van der Waals surface area contributed by atoms with Crippen LogP contribution < -0.4 is 20.3 Å². The molecule has 43 heavy (non-hydrogen) atoms. The van der Waals surface area contributed by atoms with Crippen LogP contribution in [-0.4, -0.2) is 67.1 Å². The molecule has 0 spiro atoms. The fourth-order valence-corrected chi connectivity index (χ4v) is 7.28. The van der Waals surface area contributed by atoms with E-state index in [0.29, 0.717) is 22.7 Å². The largest absolute Gasteiger partial charge is 0.480 e. The molecule has 2 heterocycles. The Kier molecular flexibility index (Phi) is 8.69. The molecule has 4 aromatic rings. The predicted octanol–water partition coefficient (Wildman–Crippen LogP) is 3.73. The number of amides is 1. The quantitative estimate of drug-likeness (QED) is 0.183. The Hall–Kier alpha value is -4.42. The third-order valence-electron chi connectivity index (χ3n) is 7.66. The summed E-state index contributed by atoms with van der Waals surface area (Å²) >= 11 is 0. The number of imidazole rings is 1. The van der Waals surface area contributed by atoms with Crippen molar-refractivity contribution in [1.82, 2.24) is 20.0 Å². The molecule has 226 valence electrons. The number of carbonyl (C=O) groups is 2. The number of carbonyl (C=O) groups excluding carboxylic acids is 1. The van der Waals surface area contributed by atoms with Gasteiger partial charge in [-0.25, -0.2) is 13.4 Å². The van der Waals surface area contributed by atoms with Crippen LogP contribution in [0.1, 0.15) is 39.9 Å². The molecule has 0 saturated carbocycles. The van der Waals surface area contributed by atoms with Crippen molar-refractivity contribution in [1.29, 1.82) is 0 Å². The second-order valence-corrected chi connectivity index (χ2v) is 12.7. The maximum atomic E-state index is 13.1. The van der Waals surface area contributed by atoms with Gasteiger partial charge in [-0.2, -0.15) is 4.72 Å². The number of piperidine rings is 1. The van der Waals surface area contributed by atoms with Crippen molar-refractivity contribution < 1.29 is 23.1 Å². The number of rotatable bonds is 10. The minimum Gasteiger partial charge on any atom is -0.480 e. The number of carboxylic acids is 1. The van der Waals surface area contributed by atoms with Crippen LogP contribution in [0, 0.1) is 20.8 Å². The smallest absolute Gasteiger partial charge is 0.323 e. The summed E-state index contributed by atoms with van der Waals surface area (Å²) < 4.78 is 28.3. The zero-order valence-corrected chi connectivity index (χ0v) is 25.2. The van der Waals surface area contributed by atoms with Crippen LogP contribution in [0.2, 0.25) is 0 Å². The Balaban J connectivity index is 1.14. The molecule has 0 aliphatic carbocycles. The van der Waals surface area contributed by atoms with Crippen molar-refractivity contribution in [3.63, 3.8) is 0 Å². The minimum absolute atomic E-state index is 0.0422. The monoisotopic (exact) mass is 604 g/mol. The average Bonchev–Trinajstić information content (AvgIpc) is 3.37. The number of para-hydroxylation sites is 2. The van der Waals surface area contributed by atoms with Gasteiger partial charge in [0.15, 0.2) is 0 Å². The number of hydrogen-bond acceptors (Lipinski definition) is 7. The molecule has 1 saturated heterocycles. The fourth-order valence-electron chi connectivity index (χ4n) is 5.63. The van der Waals surface area contributed by atoms with E-state index in [0.717, 1.165) is 54.2 Å². The lowest BCUT2D eigenvalue weighted by molar-refractivity contribution is -0.138. The van der Waals surface area contributed by atoms with Crippen LogP contribution in [0.4, 0.5) is 11.6 Å². The number of aryl methyl sites for hydroxylation is 3. The number of aliphatic carboxylic acids is 1. The van der Waals surface area contributed by atoms with Gasteiger partial charge in [-0.1, -0.05) is 29.8 Å². The SMILES string of the molecule is Cc1cc(C)c(S(=O)(=O)N[C@@H](CNC(=O)c2ccc(N3CCC(Nc4nc5ccccc5[nH]4)CC3)cc2)C(=O)O)c(C)c1. The van der Waals surface area contributed by atoms with Gasteiger partial charge in [0.25, 0.3) is 5.91 Å². The number of nitrogens with one attached hydrogen (secondary N) is 4. The zero-order chi connectivity index (χ0) is 30.7. The Morgan fingerprint density at radius 3 is 2.30 bits per heavy atom. The molecule has 1 aliphatic rings. The Bertz CT molecular complexity index is 1690. The van der Waals surface area contributed by atoms with Crippen LogP contribution in [0.25, 0.3) is 11.0 Å². The van der Waals surface area contributed by atoms with E-state index in [9.17, 15) is 23.1 Å². The summed E-state index contributed by atoms with van der Waals surface area (Å²) in [6.07, 6.45) is 1.85. The molecule has 5 N–H and O–H groups in total. The van der Waals surface area contributed by atoms with E-state index >= 15 is 0 Å². The first-order valence-corrected chi connectivity index (χ1v) is 15.7. The highest BCUT2D eigenvalue weighted by Gasteiger charge is 2.28. The number of H-pyrrole nitrogens is 1. The van der Waals surface area contributed by atoms with E-state index < -0.39 is 34.5 Å². The van der Waals surface area contributed by atoms with Crippen molar-refractivity contribution in [3.8, 4) is 0 Å². The van der Waals surface area contributed by atoms with Gasteiger partial charge in [0.1, 0.15) is 6.04 Å². The van der Waals surface area contributed by atoms with Crippen LogP contribution in [0.3, 0.4) is 0 Å². The summed E-state index contributed by atoms with van der Waals surface area (Å²) in [5.41, 5.74) is 5.20. The number of fused-ring (bicyclic) bond motifs is 1. The molecule has 3 aromatic carbocycles. The van der Waals surface area contributed by atoms with Gasteiger partial charge >= 0.3 is 5.97 Å². The van der Waals surface area contributed by atoms with Gasteiger partial charge in [0.2, 0.25) is 16.0 Å². The second kappa shape index (κ2) is 12.4. The van der Waals surface area contributed by atoms with Crippen molar-refractivity contribution >= 4 is 44.6 Å². The summed E-state index contributed by atoms with van der Waals surface area (Å²) in [5.74, 6) is -1.11. The van der Waals surface area contributed by atoms with Crippen molar-refractivity contribution in [3.05, 3.63) is 82.9 Å². The van der Waals surface area contributed by atoms with Crippen molar-refractivity contribution in [2.45, 2.75) is 50.6 Å². The van der Waals surface area contributed by atoms with E-state index in [1.807, 2.05) is 43.3 Å². The fraction of sp³-hybridized carbons (Fsp3) is 0.323. The van der Waals surface area contributed by atoms with Gasteiger partial charge in [0.05, 0.1) is 15.9 Å². The number of anilines is 2. The van der Waals surface area contributed by atoms with Gasteiger partial charge in [-0.3, -0.25) is 9.59 Å². The molecule has 0 unspecified atom stereocenters. The molecule has 0 radical (unpaired) electrons. The lowest BCUT2D eigenvalue weighted by atomic mass is 10.0. The van der Waals surface area contributed by atoms with Crippen LogP contribution >= 0.6 is 0 Å². The van der Waals surface area contributed by atoms with E-state index in [1.54, 1.807) is 38.1 Å². The van der Waals surface area contributed by atoms with Gasteiger partial charge in [-0.15, -0.1) is 0 Å². The molecular weight excluding hydrogens is 568 g/mol. The van der Waals surface area contributed by atoms with Crippen molar-refractivity contribution in [2.24, 2.45) is 0 Å². The van der Waals surface area contributed by atoms with E-state index in [4.69, 9.17) is 0 Å². The summed E-state index contributed by atoms with van der Waals surface area (Å²) in [7, 11) is -4.14. The molecule has 1 aromatic heterocycles. The molecule has 11 nitrogen and oxygen atoms in total. The van der Waals surface area contributed by atoms with Crippen LogP contribution in [-0.2, 0) is 14.8 Å². The Morgan fingerprint density at radius 2 is 1.67 bits per heavy atom. The molecule has 1 atom stereocenters. The first-order chi connectivity index (χ1) is 20.5. The summed E-state index contributed by atoms with van der Waals surface area (Å²) in [6.45, 7) is 6.45. The highest BCUT2D eigenvalue weighted by molar-refractivity contribution is 7.89. The zero-order valence-electron chi connectivity index (χ0n) is 24.3. The number of sulfonamides is 1. The number of aromatic amines is 1. The summed E-state index contributed by atoms with van der Waals surface area (Å²) in [6, 6.07) is 17.2. The summed E-state index contributed by atoms with van der Waals surface area (Å²) in [4.78, 5) is 34.9. The lowest BCUT2D eigenvalue weighted by Gasteiger charge is -2.34. The van der Waals surface area contributed by atoms with Gasteiger partial charge in [0, 0.05) is 36.9 Å². The average molecular weight is 605 g/mol. The third-order valence-corrected chi connectivity index (χ3v) is 9.43. The van der Waals surface area contributed by atoms with Crippen LogP contribution in [0.5, 0.6) is 0 Å². The molecule has 0 bridgehead atoms. The highest BCUT2D eigenvalue weighted by atomic mass is 32.2. The normalized spacial score (nSPS) is 14.9. The Labute approximate surface area is 250 Å². The molecular formula is C31H36N6O5S. The standard InChI is InChI=1S/C31H36N6O5S/c1-19-16-20(2)28(21(3)17-19)43(41,42)36-27(30(39)40)18-32-29(38)22-8-10-24(11-9-22)37-14-12-23(13-15-37)33-31-34-25-6-4-5-7-26(25)35-31/h4-11,16-17,23,27,36H,12-15,18H2,1-3H3,(H,32,38)(H,39,40)(H2,33,34,35)/t27-/m0/s1. The maximum Gasteiger partial charge on any atom is 0.323 e. The predicted molar refractivity (Wildman–Crippen MR) is 166 cm³/mol. The topological polar surface area (TPSA) is 157 Å². The number of aromatic nitrogens is 2. The number of benzene rings is 3. The first-order valence-electron chi connectivity index (χ1n) is 14.2. The minimum atomic E-state index is -4.14. The number of carboxylic acid groups (broad SMARTS) is 1. The Morgan fingerprint density at radius 1 is 1.02 bits per heavy atom. The van der Waals surface area contributed by atoms with Gasteiger partial charge < -0.3 is 25.6 Å². The summed E-state index contributed by atoms with van der Waals surface area (Å²) in [5, 5.41) is 15.7. The van der Waals surface area contributed by atoms with Crippen molar-refractivity contribution in [2.75, 3.05) is 29.9 Å². The number of nitrogens with zero attached hydrogens (tertiary/aromatic N) is 2. The number of hydrogen-bond donors (Lipinski definition) is 5. The molecule has 1 aliphatic heterocycles. The first kappa shape index (κ1) is 30.1. The van der Waals surface area contributed by atoms with E-state index in [1.165, 1.54) is 0 Å². The maximum absolute atomic E-state index is 13.1. The van der Waals surface area contributed by atoms with E-state index in [-0.39, 0.29) is 4.90 Å². The molecule has 1 amide bonds. The van der Waals surface area contributed by atoms with Gasteiger partial charge in [-0.05, 0) is 81.1 Å². The van der Waals surface area contributed by atoms with E-state index in [2.05, 4.69) is 30.2 Å². The molecule has 5 rings (SSSR count).